The molecule has 4 rings (SSSR count). The van der Waals surface area contributed by atoms with Gasteiger partial charge in [0.2, 0.25) is 0 Å². The Kier molecular flexibility index (Phi) is 6.50. The Labute approximate surface area is 185 Å². The van der Waals surface area contributed by atoms with Crippen LogP contribution in [0.25, 0.3) is 0 Å². The molecule has 1 atom stereocenters. The van der Waals surface area contributed by atoms with Gasteiger partial charge in [-0.3, -0.25) is 4.79 Å². The van der Waals surface area contributed by atoms with Crippen molar-refractivity contribution in [1.29, 1.82) is 0 Å². The van der Waals surface area contributed by atoms with Gasteiger partial charge in [-0.25, -0.2) is 0 Å². The molecule has 0 saturated carbocycles. The molecule has 0 aromatic heterocycles. The van der Waals surface area contributed by atoms with Gasteiger partial charge in [0.1, 0.15) is 11.5 Å². The zero-order chi connectivity index (χ0) is 20.9. The molecule has 1 N–H and O–H groups in total. The fraction of sp³-hybridized carbons (Fsp3) is 0.240. The van der Waals surface area contributed by atoms with E-state index in [2.05, 4.69) is 51.6 Å². The Morgan fingerprint density at radius 2 is 1.97 bits per heavy atom. The number of hydrogen-bond acceptors (Lipinski definition) is 4. The van der Waals surface area contributed by atoms with Gasteiger partial charge in [-0.2, -0.15) is 0 Å². The fourth-order valence-electron chi connectivity index (χ4n) is 3.87. The molecule has 154 valence electrons. The molecule has 0 aliphatic heterocycles. The number of hydrogen-bond donors (Lipinski definition) is 1. The van der Waals surface area contributed by atoms with Gasteiger partial charge in [0, 0.05) is 22.6 Å². The number of rotatable bonds is 7. The van der Waals surface area contributed by atoms with Crippen molar-refractivity contribution in [3.63, 3.8) is 0 Å². The van der Waals surface area contributed by atoms with Crippen LogP contribution in [0.2, 0.25) is 0 Å². The van der Waals surface area contributed by atoms with Crippen LogP contribution < -0.4 is 10.1 Å². The van der Waals surface area contributed by atoms with Crippen molar-refractivity contribution >= 4 is 21.9 Å². The second-order valence-electron chi connectivity index (χ2n) is 7.43. The molecular weight excluding hydrogens is 442 g/mol. The van der Waals surface area contributed by atoms with Crippen molar-refractivity contribution < 1.29 is 14.3 Å². The second-order valence-corrected chi connectivity index (χ2v) is 8.34. The zero-order valence-corrected chi connectivity index (χ0v) is 18.4. The molecule has 1 aliphatic rings. The van der Waals surface area contributed by atoms with Crippen molar-refractivity contribution in [2.45, 2.75) is 31.8 Å². The van der Waals surface area contributed by atoms with Crippen LogP contribution in [0.5, 0.6) is 11.5 Å². The van der Waals surface area contributed by atoms with Gasteiger partial charge in [0.15, 0.2) is 0 Å². The Balaban J connectivity index is 1.49. The molecule has 30 heavy (non-hydrogen) atoms. The molecule has 0 heterocycles. The summed E-state index contributed by atoms with van der Waals surface area (Å²) in [5, 5.41) is 3.69. The van der Waals surface area contributed by atoms with Crippen molar-refractivity contribution in [2.24, 2.45) is 0 Å². The van der Waals surface area contributed by atoms with Crippen LogP contribution >= 0.6 is 15.9 Å². The Morgan fingerprint density at radius 1 is 1.10 bits per heavy atom. The van der Waals surface area contributed by atoms with Crippen LogP contribution in [0.15, 0.2) is 71.2 Å². The number of benzene rings is 3. The maximum absolute atomic E-state index is 11.6. The minimum Gasteiger partial charge on any atom is -0.469 e. The highest BCUT2D eigenvalue weighted by Gasteiger charge is 2.21. The SMILES string of the molecule is COC(=O)Cc1cccc(Oc2ccc(Br)cc2CNC2CCc3ccccc32)c1. The lowest BCUT2D eigenvalue weighted by Gasteiger charge is -2.17. The van der Waals surface area contributed by atoms with E-state index in [0.29, 0.717) is 18.3 Å². The van der Waals surface area contributed by atoms with Crippen LogP contribution in [0, 0.1) is 0 Å². The smallest absolute Gasteiger partial charge is 0.309 e. The van der Waals surface area contributed by atoms with Gasteiger partial charge in [0.05, 0.1) is 13.5 Å². The number of fused-ring (bicyclic) bond motifs is 1. The monoisotopic (exact) mass is 465 g/mol. The number of aryl methyl sites for hydroxylation is 1. The predicted molar refractivity (Wildman–Crippen MR) is 121 cm³/mol. The summed E-state index contributed by atoms with van der Waals surface area (Å²) in [5.41, 5.74) is 4.76. The lowest BCUT2D eigenvalue weighted by Crippen LogP contribution is -2.19. The number of nitrogens with one attached hydrogen (secondary N) is 1. The van der Waals surface area contributed by atoms with E-state index in [1.165, 1.54) is 18.2 Å². The summed E-state index contributed by atoms with van der Waals surface area (Å²) in [5.74, 6) is 1.23. The van der Waals surface area contributed by atoms with E-state index in [0.717, 1.165) is 34.2 Å². The average molecular weight is 466 g/mol. The van der Waals surface area contributed by atoms with E-state index in [1.54, 1.807) is 0 Å². The number of ether oxygens (including phenoxy) is 2. The van der Waals surface area contributed by atoms with Gasteiger partial charge < -0.3 is 14.8 Å². The Morgan fingerprint density at radius 3 is 2.83 bits per heavy atom. The minimum atomic E-state index is -0.266. The lowest BCUT2D eigenvalue weighted by molar-refractivity contribution is -0.139. The van der Waals surface area contributed by atoms with Crippen molar-refractivity contribution in [1.82, 2.24) is 5.32 Å². The third-order valence-corrected chi connectivity index (χ3v) is 5.89. The van der Waals surface area contributed by atoms with E-state index >= 15 is 0 Å². The molecule has 1 aliphatic carbocycles. The van der Waals surface area contributed by atoms with Crippen LogP contribution in [-0.2, 0) is 28.9 Å². The summed E-state index contributed by atoms with van der Waals surface area (Å²) in [6.07, 6.45) is 2.45. The Bertz CT molecular complexity index is 1050. The van der Waals surface area contributed by atoms with Crippen LogP contribution in [0.4, 0.5) is 0 Å². The minimum absolute atomic E-state index is 0.226. The number of halogens is 1. The third-order valence-electron chi connectivity index (χ3n) is 5.40. The van der Waals surface area contributed by atoms with Crippen LogP contribution in [0.3, 0.4) is 0 Å². The number of esters is 1. The molecule has 0 radical (unpaired) electrons. The van der Waals surface area contributed by atoms with Crippen molar-refractivity contribution in [2.75, 3.05) is 7.11 Å². The molecule has 0 fully saturated rings. The van der Waals surface area contributed by atoms with E-state index in [1.807, 2.05) is 36.4 Å². The van der Waals surface area contributed by atoms with E-state index in [9.17, 15) is 4.79 Å². The maximum Gasteiger partial charge on any atom is 0.309 e. The first kappa shape index (κ1) is 20.6. The average Bonchev–Trinajstić information content (AvgIpc) is 3.17. The molecule has 0 amide bonds. The molecule has 0 saturated heterocycles. The van der Waals surface area contributed by atoms with Gasteiger partial charge in [0.25, 0.3) is 0 Å². The highest BCUT2D eigenvalue weighted by molar-refractivity contribution is 9.10. The molecule has 0 spiro atoms. The molecular formula is C25H24BrNO3. The number of carbonyl (C=O) groups is 1. The highest BCUT2D eigenvalue weighted by Crippen LogP contribution is 2.33. The molecule has 1 unspecified atom stereocenters. The second kappa shape index (κ2) is 9.45. The number of methoxy groups -OCH3 is 1. The molecule has 3 aromatic rings. The summed E-state index contributed by atoms with van der Waals surface area (Å²) in [7, 11) is 1.40. The van der Waals surface area contributed by atoms with Crippen molar-refractivity contribution in [3.05, 3.63) is 93.5 Å². The van der Waals surface area contributed by atoms with Gasteiger partial charge in [-0.15, -0.1) is 0 Å². The maximum atomic E-state index is 11.6. The largest absolute Gasteiger partial charge is 0.469 e. The topological polar surface area (TPSA) is 47.6 Å². The predicted octanol–water partition coefficient (Wildman–Crippen LogP) is 5.73. The van der Waals surface area contributed by atoms with Gasteiger partial charge in [-0.1, -0.05) is 52.3 Å². The fourth-order valence-corrected chi connectivity index (χ4v) is 4.28. The first-order valence-electron chi connectivity index (χ1n) is 10.1. The normalized spacial score (nSPS) is 14.9. The molecule has 4 nitrogen and oxygen atoms in total. The van der Waals surface area contributed by atoms with E-state index < -0.39 is 0 Å². The van der Waals surface area contributed by atoms with Crippen LogP contribution in [-0.4, -0.2) is 13.1 Å². The van der Waals surface area contributed by atoms with Crippen molar-refractivity contribution in [3.8, 4) is 11.5 Å². The summed E-state index contributed by atoms with van der Waals surface area (Å²) < 4.78 is 12.0. The standard InChI is InChI=1S/C25H24BrNO3/c1-29-25(28)14-17-5-4-7-21(13-17)30-24-12-10-20(26)15-19(24)16-27-23-11-9-18-6-2-3-8-22(18)23/h2-8,10,12-13,15,23,27H,9,11,14,16H2,1H3. The summed E-state index contributed by atoms with van der Waals surface area (Å²) in [4.78, 5) is 11.6. The lowest BCUT2D eigenvalue weighted by atomic mass is 10.1. The zero-order valence-electron chi connectivity index (χ0n) is 16.9. The first-order valence-corrected chi connectivity index (χ1v) is 10.8. The summed E-state index contributed by atoms with van der Waals surface area (Å²) in [6, 6.07) is 22.6. The summed E-state index contributed by atoms with van der Waals surface area (Å²) >= 11 is 3.57. The highest BCUT2D eigenvalue weighted by atomic mass is 79.9. The first-order chi connectivity index (χ1) is 14.6. The Hall–Kier alpha value is -2.63. The van der Waals surface area contributed by atoms with Gasteiger partial charge in [-0.05, 0) is 59.9 Å². The molecule has 0 bridgehead atoms. The van der Waals surface area contributed by atoms with E-state index in [-0.39, 0.29) is 12.4 Å². The third kappa shape index (κ3) is 4.91. The summed E-state index contributed by atoms with van der Waals surface area (Å²) in [6.45, 7) is 0.704. The van der Waals surface area contributed by atoms with Gasteiger partial charge >= 0.3 is 5.97 Å². The number of carbonyl (C=O) groups excluding carboxylic acids is 1. The molecule has 3 aromatic carbocycles. The molecule has 5 heteroatoms. The van der Waals surface area contributed by atoms with Crippen LogP contribution in [0.1, 0.15) is 34.7 Å². The quantitative estimate of drug-likeness (QED) is 0.452. The van der Waals surface area contributed by atoms with E-state index in [4.69, 9.17) is 9.47 Å².